The van der Waals surface area contributed by atoms with Gasteiger partial charge < -0.3 is 23.7 Å². The van der Waals surface area contributed by atoms with Crippen molar-refractivity contribution < 1.29 is 60.9 Å². The van der Waals surface area contributed by atoms with Gasteiger partial charge in [-0.1, -0.05) is 97.2 Å². The number of rotatable bonds is 21. The van der Waals surface area contributed by atoms with Crippen LogP contribution < -0.4 is 23.7 Å². The highest BCUT2D eigenvalue weighted by atomic mass is 32.2. The lowest BCUT2D eigenvalue weighted by molar-refractivity contribution is -0.432. The number of carbonyl (C=O) groups is 2. The van der Waals surface area contributed by atoms with Crippen LogP contribution in [0.1, 0.15) is 85.0 Å². The van der Waals surface area contributed by atoms with Crippen LogP contribution in [0.25, 0.3) is 0 Å². The lowest BCUT2D eigenvalue weighted by Crippen LogP contribution is -2.18. The van der Waals surface area contributed by atoms with Crippen molar-refractivity contribution in [3.63, 3.8) is 0 Å². The van der Waals surface area contributed by atoms with E-state index in [1.165, 1.54) is 30.3 Å². The third kappa shape index (κ3) is 12.7. The van der Waals surface area contributed by atoms with Gasteiger partial charge in [0.05, 0.1) is 31.2 Å². The standard InChI is InChI=1S/C63H52O13S2/c1-40-6-8-41(9-7-40)60(42-10-24-50(70-4)25-11-42)43-12-28-54(29-13-43)73-56-36-18-46(38-58(56)77-76-75-66)62(65)47-19-37-57(59(39-47)78(67,68)69)74-55-34-22-49(23-35-55)63(2,3)48-20-32-53(33-21-48)72-52-30-16-45(17-31-52)61(64)44-14-26-51(71-5)27-15-44/h6-39,60,66H,1-5H3,(H,67,68,69). The molecule has 0 aliphatic rings. The number of methoxy groups -OCH3 is 2. The minimum Gasteiger partial charge on any atom is -0.497 e. The van der Waals surface area contributed by atoms with Gasteiger partial charge in [-0.25, -0.2) is 5.26 Å². The maximum atomic E-state index is 14.0. The number of hydrogen-bond donors (Lipinski definition) is 2. The number of benzene rings is 9. The lowest BCUT2D eigenvalue weighted by atomic mass is 9.78. The quantitative estimate of drug-likeness (QED) is 0.0174. The Morgan fingerprint density at radius 1 is 0.474 bits per heavy atom. The molecule has 0 aliphatic carbocycles. The number of ether oxygens (including phenoxy) is 5. The van der Waals surface area contributed by atoms with Crippen molar-refractivity contribution in [2.75, 3.05) is 14.2 Å². The first-order valence-corrected chi connectivity index (χ1v) is 26.6. The van der Waals surface area contributed by atoms with Gasteiger partial charge in [0.1, 0.15) is 50.9 Å². The van der Waals surface area contributed by atoms with Gasteiger partial charge in [-0.05, 0) is 168 Å². The first-order chi connectivity index (χ1) is 37.6. The summed E-state index contributed by atoms with van der Waals surface area (Å²) in [5, 5.41) is 12.9. The molecule has 0 radical (unpaired) electrons. The summed E-state index contributed by atoms with van der Waals surface area (Å²) >= 11 is 0.583. The largest absolute Gasteiger partial charge is 0.497 e. The van der Waals surface area contributed by atoms with Crippen molar-refractivity contribution >= 4 is 33.7 Å². The molecule has 9 aromatic rings. The van der Waals surface area contributed by atoms with Crippen LogP contribution in [-0.2, 0) is 24.9 Å². The highest BCUT2D eigenvalue weighted by Gasteiger charge is 2.26. The molecule has 0 saturated carbocycles. The fourth-order valence-electron chi connectivity index (χ4n) is 8.83. The van der Waals surface area contributed by atoms with Crippen molar-refractivity contribution in [3.05, 3.63) is 262 Å². The monoisotopic (exact) mass is 1080 g/mol. The summed E-state index contributed by atoms with van der Waals surface area (Å²) in [6, 6.07) is 60.7. The summed E-state index contributed by atoms with van der Waals surface area (Å²) in [7, 11) is -1.70. The summed E-state index contributed by atoms with van der Waals surface area (Å²) in [4.78, 5) is 26.6. The Balaban J connectivity index is 0.865. The van der Waals surface area contributed by atoms with E-state index in [4.69, 9.17) is 33.3 Å². The number of carbonyl (C=O) groups excluding carboxylic acids is 2. The van der Waals surface area contributed by atoms with Crippen molar-refractivity contribution in [1.29, 1.82) is 0 Å². The highest BCUT2D eigenvalue weighted by Crippen LogP contribution is 2.40. The SMILES string of the molecule is COc1ccc(C(=O)c2ccc(Oc3ccc(C(C)(C)c4ccc(Oc5ccc(C(=O)c6ccc(Oc7ccc(C(c8ccc(C)cc8)c8ccc(OC)cc8)cc7)c(SOOO)c6)cc5S(=O)(=O)O)cc4)cc3)cc2)cc1. The Morgan fingerprint density at radius 3 is 1.32 bits per heavy atom. The van der Waals surface area contributed by atoms with Crippen LogP contribution in [0.4, 0.5) is 0 Å². The minimum atomic E-state index is -4.91. The minimum absolute atomic E-state index is 0.0711. The molecule has 9 rings (SSSR count). The van der Waals surface area contributed by atoms with Crippen LogP contribution in [0, 0.1) is 6.92 Å². The van der Waals surface area contributed by atoms with E-state index in [0.717, 1.165) is 45.2 Å². The molecule has 1 atom stereocenters. The lowest BCUT2D eigenvalue weighted by Gasteiger charge is -2.26. The Bertz CT molecular complexity index is 3660. The Labute approximate surface area is 456 Å². The molecule has 0 bridgehead atoms. The molecular weight excluding hydrogens is 1030 g/mol. The first-order valence-electron chi connectivity index (χ1n) is 24.4. The van der Waals surface area contributed by atoms with Crippen molar-refractivity contribution in [2.45, 2.75) is 41.9 Å². The summed E-state index contributed by atoms with van der Waals surface area (Å²) in [5.41, 5.74) is 6.86. The number of ketones is 2. The molecule has 0 spiro atoms. The van der Waals surface area contributed by atoms with Crippen molar-refractivity contribution in [2.24, 2.45) is 0 Å². The zero-order chi connectivity index (χ0) is 55.0. The van der Waals surface area contributed by atoms with Crippen LogP contribution in [0.2, 0.25) is 0 Å². The van der Waals surface area contributed by atoms with Gasteiger partial charge >= 0.3 is 0 Å². The first kappa shape index (κ1) is 54.3. The van der Waals surface area contributed by atoms with E-state index in [0.29, 0.717) is 46.2 Å². The van der Waals surface area contributed by atoms with Crippen molar-refractivity contribution in [3.8, 4) is 46.0 Å². The van der Waals surface area contributed by atoms with E-state index in [-0.39, 0.29) is 45.0 Å². The van der Waals surface area contributed by atoms with Gasteiger partial charge in [-0.2, -0.15) is 8.42 Å². The topological polar surface area (TPSA) is 173 Å². The van der Waals surface area contributed by atoms with Gasteiger partial charge in [0.15, 0.2) is 11.6 Å². The zero-order valence-corrected chi connectivity index (χ0v) is 44.5. The predicted octanol–water partition coefficient (Wildman–Crippen LogP) is 15.0. The molecule has 0 amide bonds. The maximum Gasteiger partial charge on any atom is 0.298 e. The Kier molecular flexibility index (Phi) is 16.5. The van der Waals surface area contributed by atoms with Gasteiger partial charge in [0.25, 0.3) is 10.1 Å². The van der Waals surface area contributed by atoms with E-state index in [1.807, 2.05) is 91.9 Å². The van der Waals surface area contributed by atoms with Crippen LogP contribution in [0.15, 0.2) is 216 Å². The molecule has 2 N–H and O–H groups in total. The highest BCUT2D eigenvalue weighted by molar-refractivity contribution is 7.94. The van der Waals surface area contributed by atoms with Gasteiger partial charge in [-0.3, -0.25) is 14.1 Å². The molecular formula is C63H52O13S2. The number of hydrogen-bond acceptors (Lipinski definition) is 13. The average Bonchev–Trinajstić information content (AvgIpc) is 3.48. The molecule has 78 heavy (non-hydrogen) atoms. The van der Waals surface area contributed by atoms with E-state index >= 15 is 0 Å². The second-order valence-corrected chi connectivity index (χ2v) is 20.7. The molecule has 15 heteroatoms. The summed E-state index contributed by atoms with van der Waals surface area (Å²) in [6.45, 7) is 6.16. The molecule has 0 aliphatic heterocycles. The Morgan fingerprint density at radius 2 is 0.846 bits per heavy atom. The van der Waals surface area contributed by atoms with Crippen LogP contribution >= 0.6 is 12.0 Å². The van der Waals surface area contributed by atoms with Gasteiger partial charge in [-0.15, -0.1) is 4.33 Å². The van der Waals surface area contributed by atoms with Crippen LogP contribution in [-0.4, -0.2) is 44.0 Å². The molecule has 13 nitrogen and oxygen atoms in total. The average molecular weight is 1080 g/mol. The smallest absolute Gasteiger partial charge is 0.298 e. The maximum absolute atomic E-state index is 14.0. The van der Waals surface area contributed by atoms with E-state index in [1.54, 1.807) is 74.9 Å². The predicted molar refractivity (Wildman–Crippen MR) is 296 cm³/mol. The third-order valence-electron chi connectivity index (χ3n) is 13.2. The summed E-state index contributed by atoms with van der Waals surface area (Å²) in [5.74, 6) is 2.60. The fraction of sp³-hybridized carbons (Fsp3) is 0.111. The molecule has 9 aromatic carbocycles. The number of aryl methyl sites for hydroxylation is 1. The fourth-order valence-corrected chi connectivity index (χ4v) is 9.94. The molecule has 394 valence electrons. The second kappa shape index (κ2) is 23.8. The van der Waals surface area contributed by atoms with Gasteiger partial charge in [0.2, 0.25) is 0 Å². The van der Waals surface area contributed by atoms with Crippen molar-refractivity contribution in [1.82, 2.24) is 0 Å². The third-order valence-corrected chi connectivity index (χ3v) is 14.7. The molecule has 0 saturated heterocycles. The molecule has 0 heterocycles. The van der Waals surface area contributed by atoms with Gasteiger partial charge in [0, 0.05) is 33.6 Å². The van der Waals surface area contributed by atoms with E-state index in [2.05, 4.69) is 43.2 Å². The molecule has 0 fully saturated rings. The zero-order valence-electron chi connectivity index (χ0n) is 42.9. The molecule has 0 aromatic heterocycles. The summed E-state index contributed by atoms with van der Waals surface area (Å²) in [6.07, 6.45) is 0. The summed E-state index contributed by atoms with van der Waals surface area (Å²) < 4.78 is 69.7. The van der Waals surface area contributed by atoms with Crippen LogP contribution in [0.5, 0.6) is 46.0 Å². The Hall–Kier alpha value is -8.54. The molecule has 1 unspecified atom stereocenters. The van der Waals surface area contributed by atoms with E-state index < -0.39 is 26.2 Å². The van der Waals surface area contributed by atoms with Crippen LogP contribution in [0.3, 0.4) is 0 Å². The normalized spacial score (nSPS) is 11.8. The second-order valence-electron chi connectivity index (χ2n) is 18.6. The van der Waals surface area contributed by atoms with E-state index in [9.17, 15) is 22.6 Å².